The van der Waals surface area contributed by atoms with E-state index in [1.54, 1.807) is 70.7 Å². The van der Waals surface area contributed by atoms with Gasteiger partial charge in [0.15, 0.2) is 12.6 Å². The van der Waals surface area contributed by atoms with Gasteiger partial charge in [-0.3, -0.25) is 9.59 Å². The molecule has 0 unspecified atom stereocenters. The van der Waals surface area contributed by atoms with Gasteiger partial charge in [-0.25, -0.2) is 0 Å². The average molecular weight is 1140 g/mol. The molecule has 5 heterocycles. The molecule has 3 saturated heterocycles. The summed E-state index contributed by atoms with van der Waals surface area (Å²) < 4.78 is 38.4. The SMILES string of the molecule is CC[C@H]1OC(=O)[C@H](C)[C@@H](O[C@H]2C[C@@](C)(OC)[C@@H](O)[C@H](C)O2)[C@H](C)[C@@H](O[C@@H]2O[C@H](C)C[C@H](N(C)CCCNC(=O)/C=C/c3cc4c(s3)-c3cc(Cl)ccc3Sc3ccccc3-4)[C@H]2O)[C@](C)(O)C[C@@H](C)CN(C)[C@H](C)[C@@H](O)[C@]1(C)O. The third-order valence-electron chi connectivity index (χ3n) is 16.8. The predicted molar refractivity (Wildman–Crippen MR) is 304 cm³/mol. The molecule has 16 nitrogen and oxygen atoms in total. The fourth-order valence-corrected chi connectivity index (χ4v) is 14.6. The Morgan fingerprint density at radius 1 is 0.949 bits per heavy atom. The van der Waals surface area contributed by atoms with E-state index in [2.05, 4.69) is 29.6 Å². The number of amides is 1. The molecule has 3 fully saturated rings. The van der Waals surface area contributed by atoms with Crippen LogP contribution in [0.4, 0.5) is 0 Å². The fraction of sp³-hybridized carbons (Fsp3) is 0.661. The lowest BCUT2D eigenvalue weighted by atomic mass is 9.77. The molecule has 3 aromatic rings. The number of nitrogens with one attached hydrogen (secondary N) is 1. The van der Waals surface area contributed by atoms with Gasteiger partial charge in [-0.2, -0.15) is 0 Å². The van der Waals surface area contributed by atoms with Crippen LogP contribution in [0.2, 0.25) is 5.02 Å². The van der Waals surface area contributed by atoms with Crippen molar-refractivity contribution in [2.75, 3.05) is 40.8 Å². The molecule has 4 aliphatic rings. The number of carbonyl (C=O) groups is 2. The van der Waals surface area contributed by atoms with Crippen molar-refractivity contribution in [3.8, 4) is 21.6 Å². The molecule has 0 spiro atoms. The summed E-state index contributed by atoms with van der Waals surface area (Å²) in [5.74, 6) is -3.05. The first-order valence-electron chi connectivity index (χ1n) is 27.6. The van der Waals surface area contributed by atoms with Crippen molar-refractivity contribution >= 4 is 52.7 Å². The molecule has 6 N–H and O–H groups in total. The Hall–Kier alpha value is -3.02. The molecule has 0 bridgehead atoms. The molecule has 7 rings (SSSR count). The molecule has 78 heavy (non-hydrogen) atoms. The van der Waals surface area contributed by atoms with Gasteiger partial charge in [0.2, 0.25) is 5.91 Å². The van der Waals surface area contributed by atoms with E-state index >= 15 is 0 Å². The van der Waals surface area contributed by atoms with Crippen molar-refractivity contribution in [2.45, 2.75) is 201 Å². The Balaban J connectivity index is 1.08. The number of thiophene rings is 1. The standard InChI is InChI=1S/C59H86ClN3O13S2/c1-14-46-59(10,70)52(66)36(6)63(12)31-32(2)29-57(8,69)54(34(4)50(35(5)55(68)74-46)75-48-30-58(9,71-13)53(67)37(7)73-48)76-56-49(65)43(26-33(3)72-56)62(11)25-17-24-61-47(64)23-21-39-28-41-40-18-15-16-19-44(40)78-45-22-20-38(60)27-42(45)51(41)77-39/h15-16,18-23,27-28,32-37,43,46,48-50,52-54,56,65-67,69-70H,14,17,24-26,29-31H2,1-13H3,(H,61,64)/b23-21+/t32-,33-,34+,35-,36-,37+,43+,46-,48+,49-,50+,52-,53+,54-,56+,57-,58-,59-/m1/s1. The van der Waals surface area contributed by atoms with Crippen LogP contribution >= 0.6 is 34.7 Å². The number of benzene rings is 2. The molecule has 434 valence electrons. The van der Waals surface area contributed by atoms with Gasteiger partial charge >= 0.3 is 5.97 Å². The van der Waals surface area contributed by atoms with Crippen molar-refractivity contribution in [1.82, 2.24) is 15.1 Å². The van der Waals surface area contributed by atoms with Gasteiger partial charge < -0.3 is 69.1 Å². The maximum absolute atomic E-state index is 14.5. The van der Waals surface area contributed by atoms with E-state index in [1.807, 2.05) is 75.0 Å². The van der Waals surface area contributed by atoms with Crippen LogP contribution < -0.4 is 5.32 Å². The van der Waals surface area contributed by atoms with Crippen molar-refractivity contribution in [3.05, 3.63) is 64.5 Å². The summed E-state index contributed by atoms with van der Waals surface area (Å²) in [6, 6.07) is 15.4. The Kier molecular flexibility index (Phi) is 20.9. The van der Waals surface area contributed by atoms with E-state index in [-0.39, 0.29) is 37.2 Å². The van der Waals surface area contributed by atoms with Gasteiger partial charge in [0.05, 0.1) is 41.5 Å². The zero-order valence-corrected chi connectivity index (χ0v) is 50.1. The van der Waals surface area contributed by atoms with E-state index < -0.39 is 102 Å². The predicted octanol–water partition coefficient (Wildman–Crippen LogP) is 8.00. The van der Waals surface area contributed by atoms with Crippen LogP contribution in [0.25, 0.3) is 27.6 Å². The van der Waals surface area contributed by atoms with Crippen molar-refractivity contribution in [3.63, 3.8) is 0 Å². The topological polar surface area (TPSA) is 209 Å². The van der Waals surface area contributed by atoms with Gasteiger partial charge in [-0.1, -0.05) is 62.3 Å². The van der Waals surface area contributed by atoms with Gasteiger partial charge in [0, 0.05) is 86.4 Å². The summed E-state index contributed by atoms with van der Waals surface area (Å²) >= 11 is 9.83. The number of hydrogen-bond acceptors (Lipinski definition) is 17. The lowest BCUT2D eigenvalue weighted by Crippen LogP contribution is -2.61. The molecule has 4 aliphatic heterocycles. The van der Waals surface area contributed by atoms with Crippen molar-refractivity contribution in [2.24, 2.45) is 17.8 Å². The first-order chi connectivity index (χ1) is 36.7. The number of halogens is 1. The highest BCUT2D eigenvalue weighted by Crippen LogP contribution is 2.52. The third kappa shape index (κ3) is 14.1. The summed E-state index contributed by atoms with van der Waals surface area (Å²) in [4.78, 5) is 36.0. The minimum absolute atomic E-state index is 0.0934. The quantitative estimate of drug-likeness (QED) is 0.0426. The first-order valence-corrected chi connectivity index (χ1v) is 29.6. The number of esters is 1. The Bertz CT molecular complexity index is 2550. The van der Waals surface area contributed by atoms with Crippen LogP contribution in [0.5, 0.6) is 0 Å². The van der Waals surface area contributed by atoms with Gasteiger partial charge in [-0.05, 0) is 143 Å². The maximum atomic E-state index is 14.5. The maximum Gasteiger partial charge on any atom is 0.311 e. The molecular weight excluding hydrogens is 1060 g/mol. The molecule has 2 aromatic carbocycles. The number of cyclic esters (lactones) is 1. The van der Waals surface area contributed by atoms with Gasteiger partial charge in [0.1, 0.15) is 30.0 Å². The Labute approximate surface area is 475 Å². The van der Waals surface area contributed by atoms with Gasteiger partial charge in [-0.15, -0.1) is 11.3 Å². The van der Waals surface area contributed by atoms with Crippen LogP contribution in [0.1, 0.15) is 106 Å². The zero-order valence-electron chi connectivity index (χ0n) is 47.7. The summed E-state index contributed by atoms with van der Waals surface area (Å²) in [7, 11) is 5.26. The summed E-state index contributed by atoms with van der Waals surface area (Å²) in [6.07, 6.45) is -5.24. The second-order valence-electron chi connectivity index (χ2n) is 23.3. The smallest absolute Gasteiger partial charge is 0.311 e. The van der Waals surface area contributed by atoms with E-state index in [0.29, 0.717) is 37.5 Å². The monoisotopic (exact) mass is 1140 g/mol. The molecule has 1 amide bonds. The molecule has 0 radical (unpaired) electrons. The van der Waals surface area contributed by atoms with E-state index in [0.717, 1.165) is 36.2 Å². The highest BCUT2D eigenvalue weighted by molar-refractivity contribution is 7.99. The van der Waals surface area contributed by atoms with Crippen LogP contribution in [-0.4, -0.2) is 178 Å². The van der Waals surface area contributed by atoms with E-state index in [9.17, 15) is 35.1 Å². The van der Waals surface area contributed by atoms with Crippen LogP contribution in [0.3, 0.4) is 0 Å². The number of ether oxygens (including phenoxy) is 6. The minimum Gasteiger partial charge on any atom is -0.459 e. The summed E-state index contributed by atoms with van der Waals surface area (Å²) in [6.45, 7) is 18.8. The lowest BCUT2D eigenvalue weighted by Gasteiger charge is -2.49. The van der Waals surface area contributed by atoms with Gasteiger partial charge in [0.25, 0.3) is 0 Å². The largest absolute Gasteiger partial charge is 0.459 e. The Morgan fingerprint density at radius 3 is 2.36 bits per heavy atom. The molecule has 0 saturated carbocycles. The number of carbonyl (C=O) groups excluding carboxylic acids is 2. The van der Waals surface area contributed by atoms with Crippen LogP contribution in [0, 0.1) is 17.8 Å². The zero-order chi connectivity index (χ0) is 57.2. The van der Waals surface area contributed by atoms with Crippen LogP contribution in [-0.2, 0) is 38.0 Å². The summed E-state index contributed by atoms with van der Waals surface area (Å²) in [5.41, 5.74) is -1.25. The average Bonchev–Trinajstić information content (AvgIpc) is 3.78. The van der Waals surface area contributed by atoms with Crippen LogP contribution in [0.15, 0.2) is 64.4 Å². The molecule has 1 aromatic heterocycles. The number of fused-ring (bicyclic) bond motifs is 5. The number of likely N-dealkylation sites (N-methyl/N-ethyl adjacent to an activating group) is 2. The number of aliphatic hydroxyl groups excluding tert-OH is 3. The third-order valence-corrected chi connectivity index (χ3v) is 19.4. The van der Waals surface area contributed by atoms with E-state index in [1.165, 1.54) is 14.0 Å². The molecule has 18 atom stereocenters. The minimum atomic E-state index is -1.85. The Morgan fingerprint density at radius 2 is 1.65 bits per heavy atom. The summed E-state index contributed by atoms with van der Waals surface area (Å²) in [5, 5.41) is 63.5. The highest BCUT2D eigenvalue weighted by Gasteiger charge is 2.53. The number of methoxy groups -OCH3 is 1. The molecule has 19 heteroatoms. The second-order valence-corrected chi connectivity index (χ2v) is 25.9. The fourth-order valence-electron chi connectivity index (χ4n) is 12.1. The highest BCUT2D eigenvalue weighted by atomic mass is 35.5. The number of hydrogen-bond donors (Lipinski definition) is 6. The number of aliphatic hydroxyl groups is 5. The lowest BCUT2D eigenvalue weighted by molar-refractivity contribution is -0.318. The number of rotatable bonds is 13. The molecular formula is C59H86ClN3O13S2. The molecule has 0 aliphatic carbocycles. The van der Waals surface area contributed by atoms with Crippen molar-refractivity contribution in [1.29, 1.82) is 0 Å². The van der Waals surface area contributed by atoms with E-state index in [4.69, 9.17) is 40.0 Å². The second kappa shape index (κ2) is 26.1. The number of nitrogens with zero attached hydrogens (tertiary/aromatic N) is 2. The first kappa shape index (κ1) is 62.6. The van der Waals surface area contributed by atoms with Crippen molar-refractivity contribution < 1.29 is 63.5 Å². The normalized spacial score (nSPS) is 37.4.